The van der Waals surface area contributed by atoms with Crippen LogP contribution in [-0.4, -0.2) is 229 Å². The van der Waals surface area contributed by atoms with Gasteiger partial charge in [0.25, 0.3) is 0 Å². The summed E-state index contributed by atoms with van der Waals surface area (Å²) in [6.45, 7) is 11.1. The molecule has 3 saturated carbocycles. The highest BCUT2D eigenvalue weighted by atomic mass is 16.8. The maximum absolute atomic E-state index is 12.1. The van der Waals surface area contributed by atoms with Crippen molar-refractivity contribution in [3.8, 4) is 0 Å². The Bertz CT molecular complexity index is 1920. The zero-order chi connectivity index (χ0) is 53.5. The molecule has 8 fully saturated rings. The predicted molar refractivity (Wildman–Crippen MR) is 254 cm³/mol. The molecule has 0 bridgehead atoms. The molecule has 0 aromatic rings. The van der Waals surface area contributed by atoms with Crippen molar-refractivity contribution in [1.29, 1.82) is 0 Å². The molecule has 22 heteroatoms. The van der Waals surface area contributed by atoms with Gasteiger partial charge in [-0.1, -0.05) is 39.3 Å². The third kappa shape index (κ3) is 10.1. The minimum absolute atomic E-state index is 0.00465. The second-order valence-electron chi connectivity index (χ2n) is 24.0. The van der Waals surface area contributed by atoms with Crippen molar-refractivity contribution in [2.24, 2.45) is 46.3 Å². The van der Waals surface area contributed by atoms with E-state index >= 15 is 0 Å². The molecule has 0 unspecified atom stereocenters. The number of hydrogen-bond donors (Lipinski definition) is 12. The summed E-state index contributed by atoms with van der Waals surface area (Å²) in [5.41, 5.74) is 1.19. The van der Waals surface area contributed by atoms with E-state index in [2.05, 4.69) is 26.8 Å². The van der Waals surface area contributed by atoms with Gasteiger partial charge in [0, 0.05) is 19.4 Å². The van der Waals surface area contributed by atoms with Gasteiger partial charge < -0.3 is 109 Å². The fourth-order valence-corrected chi connectivity index (χ4v) is 15.3. The summed E-state index contributed by atoms with van der Waals surface area (Å²) in [6.07, 6.45) is -19.4. The number of aliphatic hydroxyl groups is 12. The van der Waals surface area contributed by atoms with Crippen molar-refractivity contribution in [3.63, 3.8) is 0 Å². The van der Waals surface area contributed by atoms with E-state index in [1.807, 2.05) is 6.92 Å². The standard InChI is InChI=1S/C52H86O22/c1-21(20-66-46-40(61)39(60)36(57)31(18-53)70-46)10-15-52(65-7)22(2)33-30(74-52)17-29-27-9-8-25-16-26(11-13-50(25,5)28(27)12-14-51(29,33)6)69-49-45(73-48-42(63)38(59)35(56)24(4)68-48)43(64)44(32(19-54)71-49)72-47-41(62)37(58)34(55)23(3)67-47/h8,21-24,26-49,53-64H,9-20H2,1-7H3/t21-,22+,23+,24+,26+,27-,28+,29+,30+,31+,32-,33+,34+,35+,36+,37-,38-,39-,40+,41-,42-,43+,44-,45-,46+,47+,48+,49+,50+,51+,52-/m1/s1. The molecule has 74 heavy (non-hydrogen) atoms. The molecule has 12 N–H and O–H groups in total. The monoisotopic (exact) mass is 1060 g/mol. The molecule has 0 spiro atoms. The number of fused-ring (bicyclic) bond motifs is 7. The van der Waals surface area contributed by atoms with Gasteiger partial charge in [0.1, 0.15) is 85.5 Å². The Balaban J connectivity index is 0.854. The lowest BCUT2D eigenvalue weighted by Crippen LogP contribution is -2.66. The molecular formula is C52H86O22. The average molecular weight is 1060 g/mol. The zero-order valence-corrected chi connectivity index (χ0v) is 43.7. The third-order valence-corrected chi connectivity index (χ3v) is 19.8. The van der Waals surface area contributed by atoms with Crippen LogP contribution in [0.2, 0.25) is 0 Å². The molecule has 426 valence electrons. The van der Waals surface area contributed by atoms with E-state index in [4.69, 9.17) is 47.4 Å². The van der Waals surface area contributed by atoms with Crippen molar-refractivity contribution >= 4 is 0 Å². The van der Waals surface area contributed by atoms with Gasteiger partial charge in [0.15, 0.2) is 30.9 Å². The number of allylic oxidation sites excluding steroid dienone is 1. The van der Waals surface area contributed by atoms with Crippen LogP contribution in [0.3, 0.4) is 0 Å². The zero-order valence-electron chi connectivity index (χ0n) is 43.7. The van der Waals surface area contributed by atoms with Crippen LogP contribution in [0.5, 0.6) is 0 Å². The molecule has 31 atom stereocenters. The van der Waals surface area contributed by atoms with E-state index in [1.165, 1.54) is 19.4 Å². The quantitative estimate of drug-likeness (QED) is 0.0846. The lowest BCUT2D eigenvalue weighted by molar-refractivity contribution is -0.388. The smallest absolute Gasteiger partial charge is 0.187 e. The van der Waals surface area contributed by atoms with Gasteiger partial charge in [-0.05, 0) is 106 Å². The van der Waals surface area contributed by atoms with Crippen LogP contribution in [0.15, 0.2) is 11.6 Å². The Hall–Kier alpha value is -1.14. The first-order valence-electron chi connectivity index (χ1n) is 27.2. The molecule has 4 aliphatic carbocycles. The molecule has 0 aromatic heterocycles. The van der Waals surface area contributed by atoms with Crippen molar-refractivity contribution in [1.82, 2.24) is 0 Å². The van der Waals surface area contributed by atoms with Crippen LogP contribution in [0.25, 0.3) is 0 Å². The van der Waals surface area contributed by atoms with E-state index in [1.54, 1.807) is 7.11 Å². The first-order chi connectivity index (χ1) is 35.0. The van der Waals surface area contributed by atoms with E-state index in [-0.39, 0.29) is 41.3 Å². The summed E-state index contributed by atoms with van der Waals surface area (Å²) in [5.74, 6) is 0.884. The highest BCUT2D eigenvalue weighted by Gasteiger charge is 2.68. The summed E-state index contributed by atoms with van der Waals surface area (Å²) in [7, 11) is 1.72. The van der Waals surface area contributed by atoms with Crippen molar-refractivity contribution < 1.29 is 109 Å². The van der Waals surface area contributed by atoms with Gasteiger partial charge in [-0.15, -0.1) is 0 Å². The van der Waals surface area contributed by atoms with Crippen molar-refractivity contribution in [3.05, 3.63) is 11.6 Å². The van der Waals surface area contributed by atoms with Gasteiger partial charge in [-0.2, -0.15) is 0 Å². The summed E-state index contributed by atoms with van der Waals surface area (Å²) in [4.78, 5) is 0. The highest BCUT2D eigenvalue weighted by molar-refractivity contribution is 5.26. The van der Waals surface area contributed by atoms with E-state index in [0.717, 1.165) is 32.1 Å². The van der Waals surface area contributed by atoms with Crippen molar-refractivity contribution in [2.45, 2.75) is 240 Å². The van der Waals surface area contributed by atoms with Gasteiger partial charge >= 0.3 is 0 Å². The number of aliphatic hydroxyl groups excluding tert-OH is 12. The first kappa shape index (κ1) is 57.5. The lowest BCUT2D eigenvalue weighted by Gasteiger charge is -2.58. The Morgan fingerprint density at radius 1 is 0.649 bits per heavy atom. The van der Waals surface area contributed by atoms with Crippen molar-refractivity contribution in [2.75, 3.05) is 26.9 Å². The molecule has 5 aliphatic heterocycles. The topological polar surface area (TPSA) is 335 Å². The number of hydrogen-bond acceptors (Lipinski definition) is 22. The van der Waals surface area contributed by atoms with Gasteiger partial charge in [0.2, 0.25) is 0 Å². The molecule has 0 amide bonds. The number of ether oxygens (including phenoxy) is 10. The second kappa shape index (κ2) is 22.4. The van der Waals surface area contributed by atoms with E-state index in [0.29, 0.717) is 43.4 Å². The van der Waals surface area contributed by atoms with Crippen LogP contribution < -0.4 is 0 Å². The lowest BCUT2D eigenvalue weighted by atomic mass is 9.47. The normalized spacial score (nSPS) is 54.9. The summed E-state index contributed by atoms with van der Waals surface area (Å²) in [6, 6.07) is 0. The molecular weight excluding hydrogens is 977 g/mol. The van der Waals surface area contributed by atoms with Crippen LogP contribution in [0, 0.1) is 46.3 Å². The number of rotatable bonds is 15. The maximum atomic E-state index is 12.1. The summed E-state index contributed by atoms with van der Waals surface area (Å²) >= 11 is 0. The Kier molecular flexibility index (Phi) is 17.4. The Labute approximate surface area is 432 Å². The average Bonchev–Trinajstić information content (AvgIpc) is 3.84. The highest BCUT2D eigenvalue weighted by Crippen LogP contribution is 2.70. The second-order valence-corrected chi connectivity index (χ2v) is 24.0. The van der Waals surface area contributed by atoms with Gasteiger partial charge in [-0.25, -0.2) is 0 Å². The fourth-order valence-electron chi connectivity index (χ4n) is 15.3. The molecule has 9 rings (SSSR count). The van der Waals surface area contributed by atoms with Crippen LogP contribution in [0.1, 0.15) is 99.3 Å². The molecule has 5 heterocycles. The van der Waals surface area contributed by atoms with Gasteiger partial charge in [-0.3, -0.25) is 0 Å². The number of methoxy groups -OCH3 is 1. The first-order valence-corrected chi connectivity index (χ1v) is 27.2. The third-order valence-electron chi connectivity index (χ3n) is 19.8. The largest absolute Gasteiger partial charge is 0.394 e. The minimum atomic E-state index is -1.74. The summed E-state index contributed by atoms with van der Waals surface area (Å²) < 4.78 is 61.5. The van der Waals surface area contributed by atoms with E-state index in [9.17, 15) is 61.3 Å². The van der Waals surface area contributed by atoms with Crippen LogP contribution >= 0.6 is 0 Å². The molecule has 5 saturated heterocycles. The fraction of sp³-hybridized carbons (Fsp3) is 0.962. The molecule has 22 nitrogen and oxygen atoms in total. The minimum Gasteiger partial charge on any atom is -0.394 e. The van der Waals surface area contributed by atoms with E-state index < -0.39 is 148 Å². The maximum Gasteiger partial charge on any atom is 0.187 e. The van der Waals surface area contributed by atoms with Crippen LogP contribution in [-0.2, 0) is 47.4 Å². The molecule has 9 aliphatic rings. The molecule has 0 radical (unpaired) electrons. The van der Waals surface area contributed by atoms with Gasteiger partial charge in [0.05, 0.1) is 44.2 Å². The SMILES string of the molecule is CO[C@]1(CC[C@@H](C)CO[C@H]2O[C@@H](CO)[C@H](O)[C@@H](O)[C@@H]2O)O[C@H]2C[C@H]3[C@@H]4CC=C5C[C@@H](O[C@H]6O[C@H](CO)[C@@H](O[C@@H]7O[C@@H](C)[C@H](O)[C@@H](O)[C@H]7O)[C@H](O)[C@H]6O[C@@H]6O[C@@H](C)[C@H](O)[C@@H](O)[C@H]6O)CC[C@]5(C)[C@H]4CC[C@]3(C)[C@H]2[C@@H]1C. The van der Waals surface area contributed by atoms with Crippen LogP contribution in [0.4, 0.5) is 0 Å². The Morgan fingerprint density at radius 3 is 1.86 bits per heavy atom. The summed E-state index contributed by atoms with van der Waals surface area (Å²) in [5, 5.41) is 127. The Morgan fingerprint density at radius 2 is 1.24 bits per heavy atom. The molecule has 0 aromatic carbocycles. The predicted octanol–water partition coefficient (Wildman–Crippen LogP) is -1.33.